The molecule has 0 fully saturated rings. The molecule has 0 saturated carbocycles. The van der Waals surface area contributed by atoms with Gasteiger partial charge in [-0.25, -0.2) is 9.97 Å². The first-order chi connectivity index (χ1) is 9.80. The first-order valence-corrected chi connectivity index (χ1v) is 7.58. The van der Waals surface area contributed by atoms with Crippen LogP contribution >= 0.6 is 11.3 Å². The van der Waals surface area contributed by atoms with E-state index in [4.69, 9.17) is 4.74 Å². The third-order valence-corrected chi connectivity index (χ3v) is 3.80. The SMILES string of the molecule is CCNc1ncnc(N(CC)Cc2cccs2)c1OC. The lowest BCUT2D eigenvalue weighted by molar-refractivity contribution is 0.412. The smallest absolute Gasteiger partial charge is 0.204 e. The van der Waals surface area contributed by atoms with E-state index in [9.17, 15) is 0 Å². The van der Waals surface area contributed by atoms with Gasteiger partial charge in [-0.05, 0) is 25.3 Å². The summed E-state index contributed by atoms with van der Waals surface area (Å²) < 4.78 is 5.51. The zero-order valence-electron chi connectivity index (χ0n) is 12.1. The minimum Gasteiger partial charge on any atom is -0.490 e. The molecule has 0 aliphatic heterocycles. The van der Waals surface area contributed by atoms with Crippen LogP contribution in [0.4, 0.5) is 11.6 Å². The highest BCUT2D eigenvalue weighted by atomic mass is 32.1. The molecule has 0 bridgehead atoms. The van der Waals surface area contributed by atoms with Crippen LogP contribution in [0.3, 0.4) is 0 Å². The number of methoxy groups -OCH3 is 1. The minimum absolute atomic E-state index is 0.702. The summed E-state index contributed by atoms with van der Waals surface area (Å²) in [5.74, 6) is 2.27. The van der Waals surface area contributed by atoms with E-state index in [1.807, 2.05) is 6.92 Å². The maximum Gasteiger partial charge on any atom is 0.204 e. The summed E-state index contributed by atoms with van der Waals surface area (Å²) in [7, 11) is 1.65. The standard InChI is InChI=1S/C14H20N4OS/c1-4-15-13-12(19-3)14(17-10-16-13)18(5-2)9-11-7-6-8-20-11/h6-8,10H,4-5,9H2,1-3H3,(H,15,16,17). The van der Waals surface area contributed by atoms with Gasteiger partial charge in [0.25, 0.3) is 0 Å². The summed E-state index contributed by atoms with van der Waals surface area (Å²) in [5, 5.41) is 5.29. The molecule has 0 spiro atoms. The number of nitrogens with one attached hydrogen (secondary N) is 1. The highest BCUT2D eigenvalue weighted by molar-refractivity contribution is 7.09. The van der Waals surface area contributed by atoms with Gasteiger partial charge >= 0.3 is 0 Å². The van der Waals surface area contributed by atoms with Crippen molar-refractivity contribution in [3.63, 3.8) is 0 Å². The zero-order valence-corrected chi connectivity index (χ0v) is 12.9. The molecule has 0 amide bonds. The molecule has 0 unspecified atom stereocenters. The molecule has 2 aromatic heterocycles. The Kier molecular flexibility index (Phi) is 5.17. The third kappa shape index (κ3) is 3.19. The van der Waals surface area contributed by atoms with E-state index < -0.39 is 0 Å². The molecule has 20 heavy (non-hydrogen) atoms. The van der Waals surface area contributed by atoms with Crippen molar-refractivity contribution in [1.29, 1.82) is 0 Å². The van der Waals surface area contributed by atoms with Crippen LogP contribution in [-0.4, -0.2) is 30.2 Å². The number of rotatable bonds is 7. The number of hydrogen-bond acceptors (Lipinski definition) is 6. The van der Waals surface area contributed by atoms with E-state index in [0.717, 1.165) is 31.3 Å². The van der Waals surface area contributed by atoms with Crippen molar-refractivity contribution in [2.45, 2.75) is 20.4 Å². The molecule has 0 atom stereocenters. The van der Waals surface area contributed by atoms with Gasteiger partial charge in [0.15, 0.2) is 11.6 Å². The van der Waals surface area contributed by atoms with E-state index in [2.05, 4.69) is 44.6 Å². The van der Waals surface area contributed by atoms with Crippen LogP contribution < -0.4 is 15.0 Å². The summed E-state index contributed by atoms with van der Waals surface area (Å²) >= 11 is 1.75. The molecule has 2 aromatic rings. The van der Waals surface area contributed by atoms with Crippen molar-refractivity contribution in [1.82, 2.24) is 9.97 Å². The van der Waals surface area contributed by atoms with Crippen LogP contribution in [0, 0.1) is 0 Å². The first-order valence-electron chi connectivity index (χ1n) is 6.70. The molecule has 6 heteroatoms. The fourth-order valence-corrected chi connectivity index (χ4v) is 2.72. The van der Waals surface area contributed by atoms with Crippen molar-refractivity contribution < 1.29 is 4.74 Å². The first kappa shape index (κ1) is 14.6. The Morgan fingerprint density at radius 3 is 2.80 bits per heavy atom. The van der Waals surface area contributed by atoms with Crippen molar-refractivity contribution in [2.75, 3.05) is 30.4 Å². The Morgan fingerprint density at radius 2 is 2.20 bits per heavy atom. The van der Waals surface area contributed by atoms with Crippen molar-refractivity contribution in [2.24, 2.45) is 0 Å². The third-order valence-electron chi connectivity index (χ3n) is 2.94. The van der Waals surface area contributed by atoms with E-state index >= 15 is 0 Å². The van der Waals surface area contributed by atoms with Gasteiger partial charge in [0.1, 0.15) is 6.33 Å². The summed E-state index contributed by atoms with van der Waals surface area (Å²) in [4.78, 5) is 12.1. The van der Waals surface area contributed by atoms with Gasteiger partial charge in [-0.3, -0.25) is 0 Å². The number of hydrogen-bond donors (Lipinski definition) is 1. The number of aromatic nitrogens is 2. The monoisotopic (exact) mass is 292 g/mol. The molecule has 0 radical (unpaired) electrons. The van der Waals surface area contributed by atoms with E-state index in [-0.39, 0.29) is 0 Å². The Labute approximate surface area is 123 Å². The zero-order chi connectivity index (χ0) is 14.4. The van der Waals surface area contributed by atoms with Crippen LogP contribution in [0.1, 0.15) is 18.7 Å². The van der Waals surface area contributed by atoms with Crippen LogP contribution in [-0.2, 0) is 6.54 Å². The van der Waals surface area contributed by atoms with Gasteiger partial charge in [0.2, 0.25) is 5.75 Å². The Bertz CT molecular complexity index is 530. The van der Waals surface area contributed by atoms with E-state index in [0.29, 0.717) is 5.75 Å². The number of anilines is 2. The van der Waals surface area contributed by atoms with Crippen molar-refractivity contribution in [3.8, 4) is 5.75 Å². The Morgan fingerprint density at radius 1 is 1.35 bits per heavy atom. The fourth-order valence-electron chi connectivity index (χ4n) is 2.00. The quantitative estimate of drug-likeness (QED) is 0.850. The Balaban J connectivity index is 2.30. The lowest BCUT2D eigenvalue weighted by Gasteiger charge is -2.24. The molecule has 5 nitrogen and oxygen atoms in total. The highest BCUT2D eigenvalue weighted by Crippen LogP contribution is 2.32. The molecule has 1 N–H and O–H groups in total. The van der Waals surface area contributed by atoms with Crippen LogP contribution in [0.15, 0.2) is 23.8 Å². The van der Waals surface area contributed by atoms with Gasteiger partial charge in [0.05, 0.1) is 13.7 Å². The number of thiophene rings is 1. The molecular formula is C14H20N4OS. The second-order valence-corrected chi connectivity index (χ2v) is 5.24. The fraction of sp³-hybridized carbons (Fsp3) is 0.429. The lowest BCUT2D eigenvalue weighted by atomic mass is 10.3. The maximum atomic E-state index is 5.51. The second kappa shape index (κ2) is 7.09. The van der Waals surface area contributed by atoms with Gasteiger partial charge in [0, 0.05) is 18.0 Å². The van der Waals surface area contributed by atoms with Crippen molar-refractivity contribution >= 4 is 23.0 Å². The Hall–Kier alpha value is -1.82. The highest BCUT2D eigenvalue weighted by Gasteiger charge is 2.17. The predicted octanol–water partition coefficient (Wildman–Crippen LogP) is 3.01. The average molecular weight is 292 g/mol. The largest absolute Gasteiger partial charge is 0.490 e. The van der Waals surface area contributed by atoms with Gasteiger partial charge in [-0.2, -0.15) is 0 Å². The lowest BCUT2D eigenvalue weighted by Crippen LogP contribution is -2.23. The predicted molar refractivity (Wildman–Crippen MR) is 83.8 cm³/mol. The normalized spacial score (nSPS) is 10.3. The summed E-state index contributed by atoms with van der Waals surface area (Å²) in [5.41, 5.74) is 0. The second-order valence-electron chi connectivity index (χ2n) is 4.20. The van der Waals surface area contributed by atoms with Crippen LogP contribution in [0.2, 0.25) is 0 Å². The number of nitrogens with zero attached hydrogens (tertiary/aromatic N) is 3. The molecule has 0 saturated heterocycles. The van der Waals surface area contributed by atoms with Crippen molar-refractivity contribution in [3.05, 3.63) is 28.7 Å². The molecule has 108 valence electrons. The molecule has 2 heterocycles. The topological polar surface area (TPSA) is 50.3 Å². The molecule has 0 aromatic carbocycles. The van der Waals surface area contributed by atoms with Crippen LogP contribution in [0.25, 0.3) is 0 Å². The number of ether oxygens (including phenoxy) is 1. The average Bonchev–Trinajstić information content (AvgIpc) is 2.98. The van der Waals surface area contributed by atoms with Gasteiger partial charge in [-0.15, -0.1) is 11.3 Å². The van der Waals surface area contributed by atoms with Crippen LogP contribution in [0.5, 0.6) is 5.75 Å². The maximum absolute atomic E-state index is 5.51. The molecule has 2 rings (SSSR count). The van der Waals surface area contributed by atoms with Gasteiger partial charge in [-0.1, -0.05) is 6.07 Å². The van der Waals surface area contributed by atoms with Gasteiger partial charge < -0.3 is 15.0 Å². The molecule has 0 aliphatic rings. The summed E-state index contributed by atoms with van der Waals surface area (Å²) in [6.45, 7) is 6.63. The van der Waals surface area contributed by atoms with E-state index in [1.165, 1.54) is 4.88 Å². The van der Waals surface area contributed by atoms with E-state index in [1.54, 1.807) is 24.8 Å². The molecular weight excluding hydrogens is 272 g/mol. The molecule has 0 aliphatic carbocycles. The minimum atomic E-state index is 0.702. The summed E-state index contributed by atoms with van der Waals surface area (Å²) in [6, 6.07) is 4.20. The summed E-state index contributed by atoms with van der Waals surface area (Å²) in [6.07, 6.45) is 1.58.